The van der Waals surface area contributed by atoms with Crippen LogP contribution >= 0.6 is 0 Å². The molecule has 0 aliphatic carbocycles. The zero-order valence-corrected chi connectivity index (χ0v) is 11.3. The van der Waals surface area contributed by atoms with E-state index in [0.717, 1.165) is 31.0 Å². The molecule has 1 aromatic rings. The van der Waals surface area contributed by atoms with Crippen LogP contribution in [0.3, 0.4) is 0 Å². The number of benzene rings is 1. The van der Waals surface area contributed by atoms with Gasteiger partial charge in [0.1, 0.15) is 0 Å². The molecule has 1 aliphatic heterocycles. The van der Waals surface area contributed by atoms with Crippen molar-refractivity contribution >= 4 is 0 Å². The highest BCUT2D eigenvalue weighted by atomic mass is 16.5. The molecule has 2 rings (SSSR count). The Balaban J connectivity index is 2.18. The third-order valence-electron chi connectivity index (χ3n) is 3.44. The molecule has 0 amide bonds. The Morgan fingerprint density at radius 2 is 2.11 bits per heavy atom. The Morgan fingerprint density at radius 1 is 1.28 bits per heavy atom. The molecular formula is C15H21NO2. The normalized spacial score (nSPS) is 19.2. The van der Waals surface area contributed by atoms with E-state index < -0.39 is 0 Å². The van der Waals surface area contributed by atoms with Crippen molar-refractivity contribution in [2.24, 2.45) is 0 Å². The summed E-state index contributed by atoms with van der Waals surface area (Å²) in [6.45, 7) is 4.13. The number of methoxy groups -OCH3 is 2. The summed E-state index contributed by atoms with van der Waals surface area (Å²) in [5, 5.41) is 0. The first kappa shape index (κ1) is 13.0. The minimum absolute atomic E-state index is 0.543. The fourth-order valence-corrected chi connectivity index (χ4v) is 2.48. The molecule has 0 fully saturated rings. The van der Waals surface area contributed by atoms with E-state index in [1.54, 1.807) is 14.2 Å². The minimum Gasteiger partial charge on any atom is -0.493 e. The maximum absolute atomic E-state index is 5.47. The molecular weight excluding hydrogens is 226 g/mol. The van der Waals surface area contributed by atoms with Crippen LogP contribution in [0.1, 0.15) is 18.9 Å². The molecule has 0 spiro atoms. The molecule has 3 nitrogen and oxygen atoms in total. The van der Waals surface area contributed by atoms with Gasteiger partial charge in [-0.05, 0) is 12.5 Å². The fraction of sp³-hybridized carbons (Fsp3) is 0.467. The predicted molar refractivity (Wildman–Crippen MR) is 73.2 cm³/mol. The molecule has 0 saturated carbocycles. The summed E-state index contributed by atoms with van der Waals surface area (Å²) < 4.78 is 10.8. The van der Waals surface area contributed by atoms with Gasteiger partial charge in [-0.25, -0.2) is 0 Å². The molecule has 0 aromatic heterocycles. The second-order valence-corrected chi connectivity index (χ2v) is 4.49. The molecule has 0 bridgehead atoms. The number of ether oxygens (including phenoxy) is 2. The van der Waals surface area contributed by atoms with Gasteiger partial charge in [-0.2, -0.15) is 0 Å². The van der Waals surface area contributed by atoms with Gasteiger partial charge in [0.05, 0.1) is 14.2 Å². The SMILES string of the molecule is CCC1C=CCN1Cc1cccc(OC)c1OC. The number of hydrogen-bond acceptors (Lipinski definition) is 3. The minimum atomic E-state index is 0.543. The Labute approximate surface area is 109 Å². The summed E-state index contributed by atoms with van der Waals surface area (Å²) in [5.41, 5.74) is 1.18. The lowest BCUT2D eigenvalue weighted by atomic mass is 10.1. The third kappa shape index (κ3) is 2.51. The summed E-state index contributed by atoms with van der Waals surface area (Å²) in [7, 11) is 3.37. The Bertz CT molecular complexity index is 429. The van der Waals surface area contributed by atoms with Crippen LogP contribution in [-0.2, 0) is 6.54 Å². The van der Waals surface area contributed by atoms with Crippen molar-refractivity contribution in [3.63, 3.8) is 0 Å². The number of hydrogen-bond donors (Lipinski definition) is 0. The zero-order valence-electron chi connectivity index (χ0n) is 11.3. The van der Waals surface area contributed by atoms with Crippen molar-refractivity contribution in [1.29, 1.82) is 0 Å². The van der Waals surface area contributed by atoms with Crippen molar-refractivity contribution in [2.75, 3.05) is 20.8 Å². The first-order valence-electron chi connectivity index (χ1n) is 6.40. The Morgan fingerprint density at radius 3 is 2.78 bits per heavy atom. The van der Waals surface area contributed by atoms with Gasteiger partial charge in [0, 0.05) is 24.7 Å². The smallest absolute Gasteiger partial charge is 0.165 e. The van der Waals surface area contributed by atoms with Gasteiger partial charge in [-0.15, -0.1) is 0 Å². The summed E-state index contributed by atoms with van der Waals surface area (Å²) >= 11 is 0. The summed E-state index contributed by atoms with van der Waals surface area (Å²) in [5.74, 6) is 1.65. The largest absolute Gasteiger partial charge is 0.493 e. The lowest BCUT2D eigenvalue weighted by Crippen LogP contribution is -2.29. The van der Waals surface area contributed by atoms with Crippen molar-refractivity contribution in [3.8, 4) is 11.5 Å². The van der Waals surface area contributed by atoms with Crippen LogP contribution in [0, 0.1) is 0 Å². The molecule has 0 saturated heterocycles. The van der Waals surface area contributed by atoms with Crippen LogP contribution in [0.2, 0.25) is 0 Å². The highest BCUT2D eigenvalue weighted by Crippen LogP contribution is 2.32. The topological polar surface area (TPSA) is 21.7 Å². The maximum atomic E-state index is 5.47. The number of para-hydroxylation sites is 1. The lowest BCUT2D eigenvalue weighted by molar-refractivity contribution is 0.252. The van der Waals surface area contributed by atoms with Crippen molar-refractivity contribution in [1.82, 2.24) is 4.90 Å². The zero-order chi connectivity index (χ0) is 13.0. The first-order valence-corrected chi connectivity index (χ1v) is 6.40. The molecule has 1 heterocycles. The van der Waals surface area contributed by atoms with Crippen molar-refractivity contribution in [2.45, 2.75) is 25.9 Å². The van der Waals surface area contributed by atoms with E-state index in [-0.39, 0.29) is 0 Å². The number of rotatable bonds is 5. The van der Waals surface area contributed by atoms with Gasteiger partial charge < -0.3 is 9.47 Å². The third-order valence-corrected chi connectivity index (χ3v) is 3.44. The van der Waals surface area contributed by atoms with Gasteiger partial charge >= 0.3 is 0 Å². The van der Waals surface area contributed by atoms with Gasteiger partial charge in [-0.3, -0.25) is 4.90 Å². The monoisotopic (exact) mass is 247 g/mol. The molecule has 0 radical (unpaired) electrons. The van der Waals surface area contributed by atoms with Crippen LogP contribution in [0.4, 0.5) is 0 Å². The average Bonchev–Trinajstić information content (AvgIpc) is 2.85. The van der Waals surface area contributed by atoms with Crippen LogP contribution in [-0.4, -0.2) is 31.7 Å². The molecule has 18 heavy (non-hydrogen) atoms. The van der Waals surface area contributed by atoms with Crippen LogP contribution < -0.4 is 9.47 Å². The van der Waals surface area contributed by atoms with Gasteiger partial charge in [0.15, 0.2) is 11.5 Å². The Hall–Kier alpha value is -1.48. The highest BCUT2D eigenvalue weighted by molar-refractivity contribution is 5.46. The second kappa shape index (κ2) is 5.91. The molecule has 98 valence electrons. The van der Waals surface area contributed by atoms with Crippen LogP contribution in [0.15, 0.2) is 30.4 Å². The highest BCUT2D eigenvalue weighted by Gasteiger charge is 2.20. The summed E-state index contributed by atoms with van der Waals surface area (Å²) in [4.78, 5) is 2.44. The van der Waals surface area contributed by atoms with Gasteiger partial charge in [0.2, 0.25) is 0 Å². The van der Waals surface area contributed by atoms with E-state index in [1.165, 1.54) is 5.56 Å². The second-order valence-electron chi connectivity index (χ2n) is 4.49. The van der Waals surface area contributed by atoms with Gasteiger partial charge in [-0.1, -0.05) is 31.2 Å². The molecule has 1 atom stereocenters. The summed E-state index contributed by atoms with van der Waals surface area (Å²) in [6.07, 6.45) is 5.66. The van der Waals surface area contributed by atoms with E-state index in [1.807, 2.05) is 12.1 Å². The van der Waals surface area contributed by atoms with Crippen LogP contribution in [0.25, 0.3) is 0 Å². The lowest BCUT2D eigenvalue weighted by Gasteiger charge is -2.24. The van der Waals surface area contributed by atoms with Gasteiger partial charge in [0.25, 0.3) is 0 Å². The van der Waals surface area contributed by atoms with E-state index in [4.69, 9.17) is 9.47 Å². The fourth-order valence-electron chi connectivity index (χ4n) is 2.48. The molecule has 3 heteroatoms. The quantitative estimate of drug-likeness (QED) is 0.747. The standard InChI is InChI=1S/C15H21NO2/c1-4-13-8-6-10-16(13)11-12-7-5-9-14(17-2)15(12)18-3/h5-9,13H,4,10-11H2,1-3H3. The maximum Gasteiger partial charge on any atom is 0.165 e. The molecule has 1 aliphatic rings. The number of nitrogens with zero attached hydrogens (tertiary/aromatic N) is 1. The molecule has 1 unspecified atom stereocenters. The summed E-state index contributed by atoms with van der Waals surface area (Å²) in [6, 6.07) is 6.59. The molecule has 1 aromatic carbocycles. The first-order chi connectivity index (χ1) is 8.80. The Kier molecular flexibility index (Phi) is 4.26. The molecule has 0 N–H and O–H groups in total. The van der Waals surface area contributed by atoms with Crippen molar-refractivity contribution < 1.29 is 9.47 Å². The van der Waals surface area contributed by atoms with E-state index >= 15 is 0 Å². The van der Waals surface area contributed by atoms with E-state index in [0.29, 0.717) is 6.04 Å². The van der Waals surface area contributed by atoms with Crippen LogP contribution in [0.5, 0.6) is 11.5 Å². The average molecular weight is 247 g/mol. The van der Waals surface area contributed by atoms with Crippen molar-refractivity contribution in [3.05, 3.63) is 35.9 Å². The van der Waals surface area contributed by atoms with E-state index in [2.05, 4.69) is 30.0 Å². The predicted octanol–water partition coefficient (Wildman–Crippen LogP) is 2.85. The van der Waals surface area contributed by atoms with E-state index in [9.17, 15) is 0 Å².